The van der Waals surface area contributed by atoms with Crippen LogP contribution in [0.3, 0.4) is 0 Å². The fourth-order valence-electron chi connectivity index (χ4n) is 2.61. The van der Waals surface area contributed by atoms with E-state index in [9.17, 15) is 13.5 Å². The van der Waals surface area contributed by atoms with Crippen LogP contribution in [0, 0.1) is 17.2 Å². The van der Waals surface area contributed by atoms with Gasteiger partial charge in [0, 0.05) is 6.54 Å². The summed E-state index contributed by atoms with van der Waals surface area (Å²) in [5, 5.41) is 18.6. The Morgan fingerprint density at radius 2 is 1.90 bits per heavy atom. The minimum atomic E-state index is -3.42. The minimum absolute atomic E-state index is 0.00879. The van der Waals surface area contributed by atoms with Gasteiger partial charge in [-0.05, 0) is 36.5 Å². The fraction of sp³-hybridized carbons (Fsp3) is 0.533. The second-order valence-corrected chi connectivity index (χ2v) is 7.34. The molecule has 0 bridgehead atoms. The molecule has 0 heterocycles. The molecule has 0 radical (unpaired) electrons. The molecular weight excluding hydrogens is 288 g/mol. The second-order valence-electron chi connectivity index (χ2n) is 5.53. The number of hydrogen-bond donors (Lipinski definition) is 2. The minimum Gasteiger partial charge on any atom is -0.393 e. The Balaban J connectivity index is 1.90. The molecule has 2 unspecified atom stereocenters. The Morgan fingerprint density at radius 3 is 2.52 bits per heavy atom. The number of benzene rings is 1. The van der Waals surface area contributed by atoms with Gasteiger partial charge in [-0.25, -0.2) is 13.1 Å². The lowest BCUT2D eigenvalue weighted by Crippen LogP contribution is -2.37. The van der Waals surface area contributed by atoms with Gasteiger partial charge in [-0.2, -0.15) is 5.26 Å². The van der Waals surface area contributed by atoms with Crippen molar-refractivity contribution >= 4 is 10.0 Å². The molecule has 0 spiro atoms. The molecule has 114 valence electrons. The number of aliphatic hydroxyl groups excluding tert-OH is 1. The number of nitrogens with zero attached hydrogens (tertiary/aromatic N) is 1. The highest BCUT2D eigenvalue weighted by molar-refractivity contribution is 7.88. The van der Waals surface area contributed by atoms with Crippen LogP contribution in [0.2, 0.25) is 0 Å². The molecule has 5 nitrogen and oxygen atoms in total. The Labute approximate surface area is 125 Å². The highest BCUT2D eigenvalue weighted by Crippen LogP contribution is 2.23. The zero-order valence-electron chi connectivity index (χ0n) is 11.8. The van der Waals surface area contributed by atoms with Gasteiger partial charge in [0.05, 0.1) is 23.5 Å². The second kappa shape index (κ2) is 7.03. The van der Waals surface area contributed by atoms with E-state index in [1.807, 2.05) is 6.07 Å². The quantitative estimate of drug-likeness (QED) is 0.863. The Bertz CT molecular complexity index is 605. The fourth-order valence-corrected chi connectivity index (χ4v) is 3.81. The molecular formula is C15H20N2O3S. The third kappa shape index (κ3) is 4.81. The van der Waals surface area contributed by atoms with Gasteiger partial charge in [0.15, 0.2) is 0 Å². The Kier molecular flexibility index (Phi) is 5.34. The monoisotopic (exact) mass is 308 g/mol. The van der Waals surface area contributed by atoms with Crippen LogP contribution in [0.4, 0.5) is 0 Å². The predicted molar refractivity (Wildman–Crippen MR) is 79.7 cm³/mol. The van der Waals surface area contributed by atoms with Crippen molar-refractivity contribution in [3.63, 3.8) is 0 Å². The maximum atomic E-state index is 12.0. The summed E-state index contributed by atoms with van der Waals surface area (Å²) in [6.45, 7) is 0.291. The molecule has 2 N–H and O–H groups in total. The van der Waals surface area contributed by atoms with Gasteiger partial charge in [-0.1, -0.05) is 25.0 Å². The molecule has 1 fully saturated rings. The zero-order valence-corrected chi connectivity index (χ0v) is 12.6. The molecule has 0 aromatic heterocycles. The van der Waals surface area contributed by atoms with Gasteiger partial charge in [-0.3, -0.25) is 0 Å². The molecule has 0 amide bonds. The third-order valence-electron chi connectivity index (χ3n) is 3.87. The summed E-state index contributed by atoms with van der Waals surface area (Å²) in [5.74, 6) is -0.101. The number of nitrogens with one attached hydrogen (secondary N) is 1. The summed E-state index contributed by atoms with van der Waals surface area (Å²) in [5.41, 5.74) is 1.15. The number of hydrogen-bond acceptors (Lipinski definition) is 4. The standard InChI is InChI=1S/C15H20N2O3S/c16-9-12-5-7-13(8-6-12)11-21(19,20)17-10-14-3-1-2-4-15(14)18/h5-8,14-15,17-18H,1-4,10-11H2. The first kappa shape index (κ1) is 16.0. The highest BCUT2D eigenvalue weighted by Gasteiger charge is 2.24. The Morgan fingerprint density at radius 1 is 1.24 bits per heavy atom. The van der Waals surface area contributed by atoms with Crippen molar-refractivity contribution in [1.29, 1.82) is 5.26 Å². The van der Waals surface area contributed by atoms with Crippen LogP contribution in [0.1, 0.15) is 36.8 Å². The first-order valence-corrected chi connectivity index (χ1v) is 8.80. The predicted octanol–water partition coefficient (Wildman–Crippen LogP) is 1.53. The summed E-state index contributed by atoms with van der Waals surface area (Å²) < 4.78 is 26.7. The summed E-state index contributed by atoms with van der Waals surface area (Å²) in [6.07, 6.45) is 3.26. The van der Waals surface area contributed by atoms with E-state index in [0.29, 0.717) is 17.7 Å². The topological polar surface area (TPSA) is 90.2 Å². The van der Waals surface area contributed by atoms with Crippen LogP contribution in [-0.4, -0.2) is 26.2 Å². The van der Waals surface area contributed by atoms with Gasteiger partial charge < -0.3 is 5.11 Å². The number of aliphatic hydroxyl groups is 1. The molecule has 6 heteroatoms. The van der Waals surface area contributed by atoms with E-state index in [1.54, 1.807) is 24.3 Å². The third-order valence-corrected chi connectivity index (χ3v) is 5.19. The van der Waals surface area contributed by atoms with Crippen LogP contribution in [0.5, 0.6) is 0 Å². The highest BCUT2D eigenvalue weighted by atomic mass is 32.2. The molecule has 21 heavy (non-hydrogen) atoms. The lowest BCUT2D eigenvalue weighted by molar-refractivity contribution is 0.0724. The number of sulfonamides is 1. The smallest absolute Gasteiger partial charge is 0.215 e. The number of nitriles is 1. The maximum Gasteiger partial charge on any atom is 0.215 e. The first-order chi connectivity index (χ1) is 10.00. The van der Waals surface area contributed by atoms with Crippen LogP contribution in [0.25, 0.3) is 0 Å². The van der Waals surface area contributed by atoms with Crippen molar-refractivity contribution in [3.8, 4) is 6.07 Å². The summed E-state index contributed by atoms with van der Waals surface area (Å²) >= 11 is 0. The Hall–Kier alpha value is -1.42. The van der Waals surface area contributed by atoms with Crippen LogP contribution in [-0.2, 0) is 15.8 Å². The molecule has 0 aliphatic heterocycles. The molecule has 1 saturated carbocycles. The molecule has 0 saturated heterocycles. The van der Waals surface area contributed by atoms with Crippen LogP contribution < -0.4 is 4.72 Å². The molecule has 2 rings (SSSR count). The van der Waals surface area contributed by atoms with Crippen LogP contribution >= 0.6 is 0 Å². The van der Waals surface area contributed by atoms with E-state index >= 15 is 0 Å². The first-order valence-electron chi connectivity index (χ1n) is 7.14. The van der Waals surface area contributed by atoms with Gasteiger partial charge >= 0.3 is 0 Å². The van der Waals surface area contributed by atoms with Crippen molar-refractivity contribution in [1.82, 2.24) is 4.72 Å². The molecule has 1 aromatic rings. The summed E-state index contributed by atoms with van der Waals surface area (Å²) in [4.78, 5) is 0. The van der Waals surface area contributed by atoms with E-state index in [4.69, 9.17) is 5.26 Å². The van der Waals surface area contributed by atoms with E-state index < -0.39 is 16.1 Å². The van der Waals surface area contributed by atoms with Gasteiger partial charge in [-0.15, -0.1) is 0 Å². The van der Waals surface area contributed by atoms with Gasteiger partial charge in [0.2, 0.25) is 10.0 Å². The normalized spacial score (nSPS) is 22.7. The van der Waals surface area contributed by atoms with Gasteiger partial charge in [0.25, 0.3) is 0 Å². The van der Waals surface area contributed by atoms with Crippen molar-refractivity contribution in [2.45, 2.75) is 37.5 Å². The average Bonchev–Trinajstić information content (AvgIpc) is 2.47. The van der Waals surface area contributed by atoms with E-state index in [1.165, 1.54) is 0 Å². The zero-order chi connectivity index (χ0) is 15.3. The van der Waals surface area contributed by atoms with Crippen molar-refractivity contribution in [3.05, 3.63) is 35.4 Å². The summed E-state index contributed by atoms with van der Waals surface area (Å²) in [6, 6.07) is 8.50. The number of rotatable bonds is 5. The van der Waals surface area contributed by atoms with E-state index in [-0.39, 0.29) is 11.7 Å². The lowest BCUT2D eigenvalue weighted by Gasteiger charge is -2.27. The van der Waals surface area contributed by atoms with Crippen molar-refractivity contribution in [2.75, 3.05) is 6.54 Å². The van der Waals surface area contributed by atoms with Gasteiger partial charge in [0.1, 0.15) is 0 Å². The largest absolute Gasteiger partial charge is 0.393 e. The van der Waals surface area contributed by atoms with Crippen molar-refractivity contribution in [2.24, 2.45) is 5.92 Å². The van der Waals surface area contributed by atoms with E-state index in [0.717, 1.165) is 25.7 Å². The van der Waals surface area contributed by atoms with Crippen molar-refractivity contribution < 1.29 is 13.5 Å². The average molecular weight is 308 g/mol. The van der Waals surface area contributed by atoms with Crippen LogP contribution in [0.15, 0.2) is 24.3 Å². The molecule has 1 aliphatic rings. The maximum absolute atomic E-state index is 12.0. The SMILES string of the molecule is N#Cc1ccc(CS(=O)(=O)NCC2CCCCC2O)cc1. The van der Waals surface area contributed by atoms with E-state index in [2.05, 4.69) is 4.72 Å². The molecule has 2 atom stereocenters. The molecule has 1 aliphatic carbocycles. The summed E-state index contributed by atoms with van der Waals surface area (Å²) in [7, 11) is -3.42. The lowest BCUT2D eigenvalue weighted by atomic mass is 9.87. The molecule has 1 aromatic carbocycles.